The highest BCUT2D eigenvalue weighted by Gasteiger charge is 2.50. The number of benzene rings is 1. The van der Waals surface area contributed by atoms with Crippen LogP contribution in [0.4, 0.5) is 10.7 Å². The topological polar surface area (TPSA) is 90.4 Å². The van der Waals surface area contributed by atoms with Gasteiger partial charge in [0.25, 0.3) is 5.56 Å². The van der Waals surface area contributed by atoms with Gasteiger partial charge in [-0.15, -0.1) is 0 Å². The second kappa shape index (κ2) is 6.81. The fourth-order valence-corrected chi connectivity index (χ4v) is 4.95. The van der Waals surface area contributed by atoms with E-state index in [9.17, 15) is 9.59 Å². The molecule has 1 aliphatic carbocycles. The van der Waals surface area contributed by atoms with Crippen molar-refractivity contribution in [2.75, 3.05) is 18.0 Å². The van der Waals surface area contributed by atoms with E-state index in [1.165, 1.54) is 5.56 Å². The number of nitrogens with two attached hydrogens (primary N) is 1. The Balaban J connectivity index is 1.60. The van der Waals surface area contributed by atoms with Crippen molar-refractivity contribution in [2.24, 2.45) is 18.2 Å². The predicted octanol–water partition coefficient (Wildman–Crippen LogP) is 2.36. The minimum absolute atomic E-state index is 0.0379. The molecular formula is C19H21IN4O3. The van der Waals surface area contributed by atoms with Crippen molar-refractivity contribution < 1.29 is 9.53 Å². The van der Waals surface area contributed by atoms with Crippen LogP contribution in [0.25, 0.3) is 0 Å². The van der Waals surface area contributed by atoms with Gasteiger partial charge in [-0.25, -0.2) is 9.78 Å². The highest BCUT2D eigenvalue weighted by Crippen LogP contribution is 2.53. The number of ether oxygens (including phenoxy) is 1. The van der Waals surface area contributed by atoms with Crippen LogP contribution in [0.3, 0.4) is 0 Å². The van der Waals surface area contributed by atoms with Crippen LogP contribution in [0.1, 0.15) is 30.1 Å². The monoisotopic (exact) mass is 480 g/mol. The van der Waals surface area contributed by atoms with Crippen LogP contribution in [0.5, 0.6) is 0 Å². The second-order valence-electron chi connectivity index (χ2n) is 7.31. The predicted molar refractivity (Wildman–Crippen MR) is 110 cm³/mol. The number of aromatic nitrogens is 2. The van der Waals surface area contributed by atoms with Crippen LogP contribution in [0.15, 0.2) is 35.3 Å². The summed E-state index contributed by atoms with van der Waals surface area (Å²) in [7, 11) is 1.75. The third-order valence-corrected chi connectivity index (χ3v) is 6.55. The minimum atomic E-state index is -0.736. The molecule has 1 aliphatic heterocycles. The van der Waals surface area contributed by atoms with E-state index in [4.69, 9.17) is 10.5 Å². The number of fused-ring (bicyclic) bond motifs is 1. The average molecular weight is 480 g/mol. The first-order chi connectivity index (χ1) is 12.9. The quantitative estimate of drug-likeness (QED) is 0.667. The Hall–Kier alpha value is -2.10. The van der Waals surface area contributed by atoms with Gasteiger partial charge >= 0.3 is 6.09 Å². The molecule has 1 fully saturated rings. The Kier molecular flexibility index (Phi) is 4.61. The molecule has 27 heavy (non-hydrogen) atoms. The van der Waals surface area contributed by atoms with E-state index >= 15 is 0 Å². The molecule has 1 unspecified atom stereocenters. The number of hydrogen-bond acceptors (Lipinski definition) is 5. The van der Waals surface area contributed by atoms with Crippen molar-refractivity contribution in [3.63, 3.8) is 0 Å². The normalized spacial score (nSPS) is 20.5. The van der Waals surface area contributed by atoms with Gasteiger partial charge in [0.05, 0.1) is 3.57 Å². The molecule has 0 radical (unpaired) electrons. The van der Waals surface area contributed by atoms with E-state index in [1.54, 1.807) is 17.8 Å². The maximum absolute atomic E-state index is 12.2. The van der Waals surface area contributed by atoms with Crippen molar-refractivity contribution >= 4 is 34.6 Å². The zero-order valence-corrected chi connectivity index (χ0v) is 17.2. The number of anilines is 1. The fourth-order valence-electron chi connectivity index (χ4n) is 4.45. The molecular weight excluding hydrogens is 459 g/mol. The number of piperidine rings is 1. The molecule has 1 atom stereocenters. The molecule has 1 spiro atoms. The van der Waals surface area contributed by atoms with Gasteiger partial charge in [0.1, 0.15) is 6.10 Å². The Morgan fingerprint density at radius 2 is 2.04 bits per heavy atom. The maximum Gasteiger partial charge on any atom is 0.405 e. The standard InChI is InChI=1S/C19H21IN4O3/c1-23-16(25)14(20)11-22-18(23)24-8-6-19(7-9-24)10-12-4-2-3-5-13(12)15(19)27-17(21)26/h2-5,11,15H,6-10H2,1H3,(H2,21,26). The lowest BCUT2D eigenvalue weighted by molar-refractivity contribution is 0.00402. The van der Waals surface area contributed by atoms with E-state index in [0.29, 0.717) is 9.52 Å². The van der Waals surface area contributed by atoms with Crippen LogP contribution in [0, 0.1) is 8.99 Å². The van der Waals surface area contributed by atoms with E-state index in [0.717, 1.165) is 37.9 Å². The molecule has 2 aliphatic rings. The van der Waals surface area contributed by atoms with Crippen LogP contribution in [0.2, 0.25) is 0 Å². The van der Waals surface area contributed by atoms with E-state index in [1.807, 2.05) is 40.8 Å². The molecule has 2 N–H and O–H groups in total. The molecule has 142 valence electrons. The summed E-state index contributed by atoms with van der Waals surface area (Å²) in [4.78, 5) is 30.3. The number of primary amides is 1. The minimum Gasteiger partial charge on any atom is -0.441 e. The Morgan fingerprint density at radius 3 is 2.74 bits per heavy atom. The summed E-state index contributed by atoms with van der Waals surface area (Å²) in [5.74, 6) is 0.679. The second-order valence-corrected chi connectivity index (χ2v) is 8.47. The molecule has 0 bridgehead atoms. The molecule has 2 heterocycles. The SMILES string of the molecule is Cn1c(N2CCC3(CC2)Cc2ccccc2C3OC(N)=O)ncc(I)c1=O. The van der Waals surface area contributed by atoms with Gasteiger partial charge in [0.2, 0.25) is 5.95 Å². The van der Waals surface area contributed by atoms with Gasteiger partial charge in [-0.2, -0.15) is 0 Å². The summed E-state index contributed by atoms with van der Waals surface area (Å²) in [5.41, 5.74) is 7.45. The average Bonchev–Trinajstić information content (AvgIpc) is 2.94. The summed E-state index contributed by atoms with van der Waals surface area (Å²) >= 11 is 2.00. The first-order valence-corrected chi connectivity index (χ1v) is 9.99. The smallest absolute Gasteiger partial charge is 0.405 e. The summed E-state index contributed by atoms with van der Waals surface area (Å²) < 4.78 is 7.78. The van der Waals surface area contributed by atoms with Crippen molar-refractivity contribution in [1.82, 2.24) is 9.55 Å². The van der Waals surface area contributed by atoms with Crippen molar-refractivity contribution in [3.8, 4) is 0 Å². The van der Waals surface area contributed by atoms with Gasteiger partial charge in [-0.3, -0.25) is 9.36 Å². The highest BCUT2D eigenvalue weighted by molar-refractivity contribution is 14.1. The molecule has 1 aromatic heterocycles. The van der Waals surface area contributed by atoms with E-state index in [-0.39, 0.29) is 17.1 Å². The number of hydrogen-bond donors (Lipinski definition) is 1. The van der Waals surface area contributed by atoms with Crippen molar-refractivity contribution in [1.29, 1.82) is 0 Å². The highest BCUT2D eigenvalue weighted by atomic mass is 127. The lowest BCUT2D eigenvalue weighted by Gasteiger charge is -2.43. The van der Waals surface area contributed by atoms with Gasteiger partial charge in [-0.1, -0.05) is 24.3 Å². The first kappa shape index (κ1) is 18.3. The summed E-state index contributed by atoms with van der Waals surface area (Å²) in [5, 5.41) is 0. The zero-order chi connectivity index (χ0) is 19.2. The van der Waals surface area contributed by atoms with Crippen LogP contribution >= 0.6 is 22.6 Å². The lowest BCUT2D eigenvalue weighted by atomic mass is 9.74. The summed E-state index contributed by atoms with van der Waals surface area (Å²) in [6.07, 6.45) is 3.10. The van der Waals surface area contributed by atoms with E-state index in [2.05, 4.69) is 16.0 Å². The molecule has 7 nitrogen and oxygen atoms in total. The number of nitrogens with zero attached hydrogens (tertiary/aromatic N) is 3. The molecule has 1 amide bonds. The third-order valence-electron chi connectivity index (χ3n) is 5.81. The summed E-state index contributed by atoms with van der Waals surface area (Å²) in [6, 6.07) is 8.10. The van der Waals surface area contributed by atoms with Gasteiger partial charge < -0.3 is 15.4 Å². The molecule has 2 aromatic rings. The number of amides is 1. The Morgan fingerprint density at radius 1 is 1.33 bits per heavy atom. The molecule has 4 rings (SSSR count). The van der Waals surface area contributed by atoms with Crippen LogP contribution in [-0.2, 0) is 18.2 Å². The summed E-state index contributed by atoms with van der Waals surface area (Å²) in [6.45, 7) is 1.49. The number of carbonyl (C=O) groups excluding carboxylic acids is 1. The maximum atomic E-state index is 12.2. The van der Waals surface area contributed by atoms with Gasteiger partial charge in [-0.05, 0) is 53.0 Å². The van der Waals surface area contributed by atoms with Crippen LogP contribution in [-0.4, -0.2) is 28.7 Å². The Bertz CT molecular complexity index is 950. The molecule has 8 heteroatoms. The zero-order valence-electron chi connectivity index (χ0n) is 15.0. The van der Waals surface area contributed by atoms with Gasteiger partial charge in [0.15, 0.2) is 0 Å². The van der Waals surface area contributed by atoms with Crippen molar-refractivity contribution in [2.45, 2.75) is 25.4 Å². The number of carbonyl (C=O) groups is 1. The molecule has 1 saturated heterocycles. The van der Waals surface area contributed by atoms with Gasteiger partial charge in [0, 0.05) is 31.7 Å². The first-order valence-electron chi connectivity index (χ1n) is 8.92. The van der Waals surface area contributed by atoms with Crippen molar-refractivity contribution in [3.05, 3.63) is 55.5 Å². The molecule has 1 aromatic carbocycles. The number of halogens is 1. The Labute approximate surface area is 170 Å². The largest absolute Gasteiger partial charge is 0.441 e. The third kappa shape index (κ3) is 3.09. The van der Waals surface area contributed by atoms with E-state index < -0.39 is 6.09 Å². The molecule has 0 saturated carbocycles. The van der Waals surface area contributed by atoms with Crippen LogP contribution < -0.4 is 16.2 Å². The lowest BCUT2D eigenvalue weighted by Crippen LogP contribution is -2.45. The number of rotatable bonds is 2. The fraction of sp³-hybridized carbons (Fsp3) is 0.421.